The first-order valence-corrected chi connectivity index (χ1v) is 11.1. The molecular formula is C23H24FN3O3S. The van der Waals surface area contributed by atoms with Crippen LogP contribution in [0.1, 0.15) is 28.8 Å². The lowest BCUT2D eigenvalue weighted by molar-refractivity contribution is 0.0953. The molecule has 0 saturated carbocycles. The minimum Gasteiger partial charge on any atom is -0.496 e. The number of aromatic nitrogens is 3. The van der Waals surface area contributed by atoms with Crippen molar-refractivity contribution in [3.63, 3.8) is 0 Å². The maximum absolute atomic E-state index is 13.4. The molecule has 162 valence electrons. The molecule has 0 spiro atoms. The Morgan fingerprint density at radius 1 is 1.26 bits per heavy atom. The van der Waals surface area contributed by atoms with Gasteiger partial charge in [-0.25, -0.2) is 4.39 Å². The number of methoxy groups -OCH3 is 1. The average Bonchev–Trinajstić information content (AvgIpc) is 3.43. The molecule has 1 saturated heterocycles. The molecule has 31 heavy (non-hydrogen) atoms. The second kappa shape index (κ2) is 9.62. The minimum absolute atomic E-state index is 0.0412. The number of aryl methyl sites for hydroxylation is 1. The smallest absolute Gasteiger partial charge is 0.192 e. The molecular weight excluding hydrogens is 417 g/mol. The summed E-state index contributed by atoms with van der Waals surface area (Å²) in [5, 5.41) is 9.29. The van der Waals surface area contributed by atoms with Gasteiger partial charge < -0.3 is 9.47 Å². The van der Waals surface area contributed by atoms with Gasteiger partial charge in [0.25, 0.3) is 0 Å². The van der Waals surface area contributed by atoms with E-state index in [1.807, 2.05) is 23.6 Å². The molecule has 2 aromatic carbocycles. The number of nitrogens with zero attached hydrogens (tertiary/aromatic N) is 3. The van der Waals surface area contributed by atoms with E-state index < -0.39 is 0 Å². The van der Waals surface area contributed by atoms with E-state index >= 15 is 0 Å². The zero-order chi connectivity index (χ0) is 21.8. The van der Waals surface area contributed by atoms with Crippen molar-refractivity contribution < 1.29 is 18.7 Å². The summed E-state index contributed by atoms with van der Waals surface area (Å²) in [4.78, 5) is 12.9. The molecule has 0 radical (unpaired) electrons. The first-order valence-electron chi connectivity index (χ1n) is 10.2. The van der Waals surface area contributed by atoms with Gasteiger partial charge in [0.1, 0.15) is 11.6 Å². The van der Waals surface area contributed by atoms with Crippen molar-refractivity contribution in [2.24, 2.45) is 0 Å². The van der Waals surface area contributed by atoms with E-state index in [0.717, 1.165) is 30.6 Å². The van der Waals surface area contributed by atoms with Crippen LogP contribution < -0.4 is 4.74 Å². The molecule has 1 aliphatic heterocycles. The Morgan fingerprint density at radius 3 is 2.77 bits per heavy atom. The Balaban J connectivity index is 1.58. The van der Waals surface area contributed by atoms with E-state index in [9.17, 15) is 9.18 Å². The Hall–Kier alpha value is -2.71. The SMILES string of the molecule is COc1ccc(C)cc1C(=O)CSc1nnc(-c2ccc(F)cc2)n1CC1CCCO1. The topological polar surface area (TPSA) is 66.2 Å². The first-order chi connectivity index (χ1) is 15.0. The van der Waals surface area contributed by atoms with Crippen LogP contribution in [0.2, 0.25) is 0 Å². The van der Waals surface area contributed by atoms with Crippen molar-refractivity contribution >= 4 is 17.5 Å². The lowest BCUT2D eigenvalue weighted by Crippen LogP contribution is -2.17. The number of benzene rings is 2. The van der Waals surface area contributed by atoms with Gasteiger partial charge >= 0.3 is 0 Å². The molecule has 0 bridgehead atoms. The van der Waals surface area contributed by atoms with E-state index in [0.29, 0.717) is 28.8 Å². The lowest BCUT2D eigenvalue weighted by Gasteiger charge is -2.15. The number of hydrogen-bond acceptors (Lipinski definition) is 6. The highest BCUT2D eigenvalue weighted by molar-refractivity contribution is 7.99. The van der Waals surface area contributed by atoms with Crippen LogP contribution in [0.4, 0.5) is 4.39 Å². The third-order valence-corrected chi connectivity index (χ3v) is 6.18. The highest BCUT2D eigenvalue weighted by atomic mass is 32.2. The van der Waals surface area contributed by atoms with Crippen molar-refractivity contribution in [1.29, 1.82) is 0 Å². The molecule has 3 aromatic rings. The molecule has 1 atom stereocenters. The fraction of sp³-hybridized carbons (Fsp3) is 0.348. The molecule has 2 heterocycles. The van der Waals surface area contributed by atoms with Crippen LogP contribution in [0.3, 0.4) is 0 Å². The van der Waals surface area contributed by atoms with Crippen molar-refractivity contribution in [1.82, 2.24) is 14.8 Å². The second-order valence-corrected chi connectivity index (χ2v) is 8.42. The zero-order valence-corrected chi connectivity index (χ0v) is 18.3. The van der Waals surface area contributed by atoms with E-state index in [1.165, 1.54) is 23.9 Å². The van der Waals surface area contributed by atoms with Crippen molar-refractivity contribution in [2.75, 3.05) is 19.5 Å². The van der Waals surface area contributed by atoms with Crippen LogP contribution in [0, 0.1) is 12.7 Å². The Morgan fingerprint density at radius 2 is 2.06 bits per heavy atom. The predicted octanol–water partition coefficient (Wildman–Crippen LogP) is 4.56. The summed E-state index contributed by atoms with van der Waals surface area (Å²) in [6, 6.07) is 11.7. The standard InChI is InChI=1S/C23H24FN3O3S/c1-15-5-10-21(29-2)19(12-15)20(28)14-31-23-26-25-22(16-6-8-17(24)9-7-16)27(23)13-18-4-3-11-30-18/h5-10,12,18H,3-4,11,13-14H2,1-2H3. The van der Waals surface area contributed by atoms with Gasteiger partial charge in [0.05, 0.1) is 31.1 Å². The largest absolute Gasteiger partial charge is 0.496 e. The summed E-state index contributed by atoms with van der Waals surface area (Å²) in [5.41, 5.74) is 2.32. The number of hydrogen-bond donors (Lipinski definition) is 0. The van der Waals surface area contributed by atoms with Crippen LogP contribution in [0.5, 0.6) is 5.75 Å². The number of carbonyl (C=O) groups excluding carboxylic acids is 1. The second-order valence-electron chi connectivity index (χ2n) is 7.47. The summed E-state index contributed by atoms with van der Waals surface area (Å²) in [6.45, 7) is 3.27. The van der Waals surface area contributed by atoms with Gasteiger partial charge in [0.15, 0.2) is 16.8 Å². The van der Waals surface area contributed by atoms with Gasteiger partial charge in [0, 0.05) is 12.2 Å². The van der Waals surface area contributed by atoms with Crippen molar-refractivity contribution in [3.8, 4) is 17.1 Å². The summed E-state index contributed by atoms with van der Waals surface area (Å²) >= 11 is 1.33. The predicted molar refractivity (Wildman–Crippen MR) is 117 cm³/mol. The van der Waals surface area contributed by atoms with Crippen molar-refractivity contribution in [3.05, 3.63) is 59.4 Å². The molecule has 8 heteroatoms. The monoisotopic (exact) mass is 441 g/mol. The van der Waals surface area contributed by atoms with E-state index in [1.54, 1.807) is 25.3 Å². The molecule has 1 aliphatic rings. The van der Waals surface area contributed by atoms with Gasteiger partial charge in [-0.15, -0.1) is 10.2 Å². The maximum Gasteiger partial charge on any atom is 0.192 e. The number of ketones is 1. The Bertz CT molecular complexity index is 1060. The third kappa shape index (κ3) is 4.97. The molecule has 1 aromatic heterocycles. The van der Waals surface area contributed by atoms with E-state index in [4.69, 9.17) is 9.47 Å². The van der Waals surface area contributed by atoms with E-state index in [-0.39, 0.29) is 23.5 Å². The molecule has 0 N–H and O–H groups in total. The van der Waals surface area contributed by atoms with Gasteiger partial charge in [0.2, 0.25) is 0 Å². The molecule has 0 aliphatic carbocycles. The number of Topliss-reactive ketones (excluding diaryl/α,β-unsaturated/α-hetero) is 1. The Kier molecular flexibility index (Phi) is 6.67. The number of thioether (sulfide) groups is 1. The molecule has 6 nitrogen and oxygen atoms in total. The fourth-order valence-corrected chi connectivity index (χ4v) is 4.44. The number of halogens is 1. The maximum atomic E-state index is 13.4. The molecule has 1 unspecified atom stereocenters. The van der Waals surface area contributed by atoms with Crippen LogP contribution >= 0.6 is 11.8 Å². The normalized spacial score (nSPS) is 15.9. The van der Waals surface area contributed by atoms with Gasteiger partial charge in [-0.05, 0) is 56.2 Å². The Labute approximate surface area is 184 Å². The third-order valence-electron chi connectivity index (χ3n) is 5.22. The summed E-state index contributed by atoms with van der Waals surface area (Å²) < 4.78 is 26.5. The lowest BCUT2D eigenvalue weighted by atomic mass is 10.1. The highest BCUT2D eigenvalue weighted by Gasteiger charge is 2.23. The fourth-order valence-electron chi connectivity index (χ4n) is 3.61. The van der Waals surface area contributed by atoms with Crippen molar-refractivity contribution in [2.45, 2.75) is 37.6 Å². The molecule has 4 rings (SSSR count). The van der Waals surface area contributed by atoms with Crippen LogP contribution in [0.15, 0.2) is 47.6 Å². The summed E-state index contributed by atoms with van der Waals surface area (Å²) in [7, 11) is 1.56. The van der Waals surface area contributed by atoms with Gasteiger partial charge in [-0.1, -0.05) is 23.4 Å². The number of carbonyl (C=O) groups is 1. The van der Waals surface area contributed by atoms with Crippen LogP contribution in [-0.2, 0) is 11.3 Å². The quantitative estimate of drug-likeness (QED) is 0.377. The number of ether oxygens (including phenoxy) is 2. The molecule has 1 fully saturated rings. The van der Waals surface area contributed by atoms with E-state index in [2.05, 4.69) is 10.2 Å². The molecule has 0 amide bonds. The minimum atomic E-state index is -0.304. The van der Waals surface area contributed by atoms with Gasteiger partial charge in [-0.2, -0.15) is 0 Å². The summed E-state index contributed by atoms with van der Waals surface area (Å²) in [5.74, 6) is 1.05. The number of rotatable bonds is 8. The highest BCUT2D eigenvalue weighted by Crippen LogP contribution is 2.28. The van der Waals surface area contributed by atoms with Gasteiger partial charge in [-0.3, -0.25) is 9.36 Å². The zero-order valence-electron chi connectivity index (χ0n) is 17.5. The first kappa shape index (κ1) is 21.5. The summed E-state index contributed by atoms with van der Waals surface area (Å²) in [6.07, 6.45) is 2.05. The van der Waals surface area contributed by atoms with Crippen LogP contribution in [0.25, 0.3) is 11.4 Å². The average molecular weight is 442 g/mol. The van der Waals surface area contributed by atoms with Crippen LogP contribution in [-0.4, -0.2) is 46.1 Å².